The Hall–Kier alpha value is -1.42. The Bertz CT molecular complexity index is 768. The molecule has 3 rings (SSSR count). The van der Waals surface area contributed by atoms with Crippen molar-refractivity contribution in [2.75, 3.05) is 0 Å². The third-order valence-corrected chi connectivity index (χ3v) is 4.12. The Labute approximate surface area is 130 Å². The van der Waals surface area contributed by atoms with Gasteiger partial charge in [-0.15, -0.1) is 0 Å². The quantitative estimate of drug-likeness (QED) is 0.730. The zero-order valence-electron chi connectivity index (χ0n) is 10.6. The van der Waals surface area contributed by atoms with Gasteiger partial charge in [-0.1, -0.05) is 57.9 Å². The van der Waals surface area contributed by atoms with Crippen LogP contribution in [0.1, 0.15) is 17.2 Å². The molecule has 0 saturated carbocycles. The highest BCUT2D eigenvalue weighted by Crippen LogP contribution is 2.31. The molecule has 100 valence electrons. The number of rotatable bonds is 2. The molecule has 4 heteroatoms. The molecule has 0 amide bonds. The van der Waals surface area contributed by atoms with E-state index in [0.717, 1.165) is 26.5 Å². The minimum absolute atomic E-state index is 0.297. The van der Waals surface area contributed by atoms with Crippen LogP contribution in [-0.4, -0.2) is 4.98 Å². The first kappa shape index (κ1) is 13.6. The van der Waals surface area contributed by atoms with Gasteiger partial charge in [0, 0.05) is 21.1 Å². The molecule has 1 atom stereocenters. The van der Waals surface area contributed by atoms with Gasteiger partial charge in [0.25, 0.3) is 0 Å². The van der Waals surface area contributed by atoms with Gasteiger partial charge in [-0.05, 0) is 29.3 Å². The third kappa shape index (κ3) is 2.44. The van der Waals surface area contributed by atoms with Crippen molar-refractivity contribution in [3.63, 3.8) is 0 Å². The Morgan fingerprint density at radius 2 is 1.85 bits per heavy atom. The van der Waals surface area contributed by atoms with E-state index in [1.54, 1.807) is 6.20 Å². The van der Waals surface area contributed by atoms with Crippen LogP contribution >= 0.6 is 27.5 Å². The van der Waals surface area contributed by atoms with Gasteiger partial charge in [0.05, 0.1) is 11.6 Å². The Morgan fingerprint density at radius 3 is 2.65 bits per heavy atom. The Kier molecular flexibility index (Phi) is 3.74. The van der Waals surface area contributed by atoms with Crippen LogP contribution in [0.25, 0.3) is 10.9 Å². The Balaban J connectivity index is 2.15. The van der Waals surface area contributed by atoms with Gasteiger partial charge in [0.15, 0.2) is 0 Å². The number of nitrogens with two attached hydrogens (primary N) is 1. The largest absolute Gasteiger partial charge is 0.320 e. The van der Waals surface area contributed by atoms with Crippen molar-refractivity contribution in [1.29, 1.82) is 0 Å². The summed E-state index contributed by atoms with van der Waals surface area (Å²) in [6.07, 6.45) is 1.78. The van der Waals surface area contributed by atoms with Crippen molar-refractivity contribution in [1.82, 2.24) is 4.98 Å². The van der Waals surface area contributed by atoms with Gasteiger partial charge >= 0.3 is 0 Å². The number of halogens is 2. The molecule has 0 fully saturated rings. The van der Waals surface area contributed by atoms with Gasteiger partial charge < -0.3 is 5.73 Å². The summed E-state index contributed by atoms with van der Waals surface area (Å²) in [4.78, 5) is 4.44. The predicted octanol–water partition coefficient (Wildman–Crippen LogP) is 4.70. The number of hydrogen-bond acceptors (Lipinski definition) is 2. The number of pyridine rings is 1. The molecule has 2 nitrogen and oxygen atoms in total. The van der Waals surface area contributed by atoms with E-state index in [2.05, 4.69) is 20.9 Å². The van der Waals surface area contributed by atoms with Crippen LogP contribution < -0.4 is 5.73 Å². The number of nitrogens with zero attached hydrogens (tertiary/aromatic N) is 1. The second-order valence-corrected chi connectivity index (χ2v) is 5.89. The molecule has 20 heavy (non-hydrogen) atoms. The van der Waals surface area contributed by atoms with Crippen LogP contribution in [-0.2, 0) is 0 Å². The normalized spacial score (nSPS) is 12.6. The van der Waals surface area contributed by atoms with Crippen molar-refractivity contribution in [3.05, 3.63) is 75.4 Å². The van der Waals surface area contributed by atoms with Gasteiger partial charge in [-0.2, -0.15) is 0 Å². The highest BCUT2D eigenvalue weighted by atomic mass is 79.9. The van der Waals surface area contributed by atoms with E-state index < -0.39 is 0 Å². The highest BCUT2D eigenvalue weighted by Gasteiger charge is 2.15. The Morgan fingerprint density at radius 1 is 1.05 bits per heavy atom. The summed E-state index contributed by atoms with van der Waals surface area (Å²) in [5, 5.41) is 1.73. The molecular formula is C16H12BrClN2. The molecule has 1 aromatic heterocycles. The molecule has 0 spiro atoms. The smallest absolute Gasteiger partial charge is 0.0753 e. The van der Waals surface area contributed by atoms with Crippen LogP contribution in [0.4, 0.5) is 0 Å². The standard InChI is InChI=1S/C16H12BrClN2/c17-11-6-7-12(14(18)9-11)15(19)13-5-1-3-10-4-2-8-20-16(10)13/h1-9,15H,19H2. The molecule has 0 bridgehead atoms. The lowest BCUT2D eigenvalue weighted by molar-refractivity contribution is 0.877. The molecule has 0 aliphatic heterocycles. The van der Waals surface area contributed by atoms with Crippen molar-refractivity contribution in [2.24, 2.45) is 5.73 Å². The number of hydrogen-bond donors (Lipinski definition) is 1. The minimum Gasteiger partial charge on any atom is -0.320 e. The van der Waals surface area contributed by atoms with Crippen molar-refractivity contribution in [2.45, 2.75) is 6.04 Å². The molecule has 2 N–H and O–H groups in total. The fourth-order valence-electron chi connectivity index (χ4n) is 2.30. The second kappa shape index (κ2) is 5.52. The van der Waals surface area contributed by atoms with Crippen LogP contribution in [0.2, 0.25) is 5.02 Å². The summed E-state index contributed by atoms with van der Waals surface area (Å²) < 4.78 is 0.939. The lowest BCUT2D eigenvalue weighted by Gasteiger charge is -2.16. The zero-order chi connectivity index (χ0) is 14.1. The maximum atomic E-state index is 6.39. The first-order valence-electron chi connectivity index (χ1n) is 6.21. The summed E-state index contributed by atoms with van der Waals surface area (Å²) >= 11 is 9.70. The van der Waals surface area contributed by atoms with Crippen LogP contribution in [0, 0.1) is 0 Å². The molecule has 3 aromatic rings. The maximum Gasteiger partial charge on any atom is 0.0753 e. The molecule has 1 heterocycles. The van der Waals surface area contributed by atoms with Crippen molar-refractivity contribution >= 4 is 38.4 Å². The fourth-order valence-corrected chi connectivity index (χ4v) is 3.09. The molecule has 0 radical (unpaired) electrons. The van der Waals surface area contributed by atoms with E-state index in [1.165, 1.54) is 0 Å². The number of aromatic nitrogens is 1. The van der Waals surface area contributed by atoms with E-state index >= 15 is 0 Å². The van der Waals surface area contributed by atoms with E-state index in [0.29, 0.717) is 5.02 Å². The third-order valence-electron chi connectivity index (χ3n) is 3.30. The predicted molar refractivity (Wildman–Crippen MR) is 86.9 cm³/mol. The van der Waals surface area contributed by atoms with E-state index in [1.807, 2.05) is 48.5 Å². The lowest BCUT2D eigenvalue weighted by Crippen LogP contribution is -2.13. The fraction of sp³-hybridized carbons (Fsp3) is 0.0625. The van der Waals surface area contributed by atoms with E-state index in [9.17, 15) is 0 Å². The minimum atomic E-state index is -0.297. The molecule has 0 aliphatic carbocycles. The average molecular weight is 348 g/mol. The van der Waals surface area contributed by atoms with Crippen LogP contribution in [0.15, 0.2) is 59.2 Å². The number of benzene rings is 2. The van der Waals surface area contributed by atoms with Crippen molar-refractivity contribution in [3.8, 4) is 0 Å². The van der Waals surface area contributed by atoms with Crippen molar-refractivity contribution < 1.29 is 0 Å². The van der Waals surface area contributed by atoms with Gasteiger partial charge in [-0.3, -0.25) is 4.98 Å². The van der Waals surface area contributed by atoms with E-state index in [4.69, 9.17) is 17.3 Å². The van der Waals surface area contributed by atoms with Gasteiger partial charge in [0.2, 0.25) is 0 Å². The summed E-state index contributed by atoms with van der Waals surface area (Å²) in [5.41, 5.74) is 9.19. The summed E-state index contributed by atoms with van der Waals surface area (Å²) in [6, 6.07) is 15.4. The zero-order valence-corrected chi connectivity index (χ0v) is 12.9. The average Bonchev–Trinajstić information content (AvgIpc) is 2.46. The first-order chi connectivity index (χ1) is 9.66. The molecule has 0 aliphatic rings. The highest BCUT2D eigenvalue weighted by molar-refractivity contribution is 9.10. The summed E-state index contributed by atoms with van der Waals surface area (Å²) in [7, 11) is 0. The summed E-state index contributed by atoms with van der Waals surface area (Å²) in [5.74, 6) is 0. The molecular weight excluding hydrogens is 336 g/mol. The first-order valence-corrected chi connectivity index (χ1v) is 7.38. The van der Waals surface area contributed by atoms with Gasteiger partial charge in [0.1, 0.15) is 0 Å². The molecule has 2 aromatic carbocycles. The summed E-state index contributed by atoms with van der Waals surface area (Å²) in [6.45, 7) is 0. The molecule has 0 saturated heterocycles. The second-order valence-electron chi connectivity index (χ2n) is 4.57. The number of fused-ring (bicyclic) bond motifs is 1. The van der Waals surface area contributed by atoms with E-state index in [-0.39, 0.29) is 6.04 Å². The van der Waals surface area contributed by atoms with Gasteiger partial charge in [-0.25, -0.2) is 0 Å². The maximum absolute atomic E-state index is 6.39. The number of para-hydroxylation sites is 1. The monoisotopic (exact) mass is 346 g/mol. The molecule has 1 unspecified atom stereocenters. The van der Waals surface area contributed by atoms with Crippen LogP contribution in [0.3, 0.4) is 0 Å². The SMILES string of the molecule is NC(c1ccc(Br)cc1Cl)c1cccc2cccnc12. The topological polar surface area (TPSA) is 38.9 Å². The lowest BCUT2D eigenvalue weighted by atomic mass is 9.97. The van der Waals surface area contributed by atoms with Crippen LogP contribution in [0.5, 0.6) is 0 Å².